The van der Waals surface area contributed by atoms with E-state index in [1.807, 2.05) is 0 Å². The summed E-state index contributed by atoms with van der Waals surface area (Å²) in [5, 5.41) is 4.03. The number of aromatic nitrogens is 3. The molecular weight excluding hydrogens is 405 g/mol. The van der Waals surface area contributed by atoms with Crippen LogP contribution < -0.4 is 21.3 Å². The summed E-state index contributed by atoms with van der Waals surface area (Å²) in [5.41, 5.74) is 15.4. The number of hydrogen-bond acceptors (Lipinski definition) is 6. The predicted octanol–water partition coefficient (Wildman–Crippen LogP) is 3.95. The summed E-state index contributed by atoms with van der Waals surface area (Å²) in [6.07, 6.45) is 5.90. The Bertz CT molecular complexity index is 1080. The van der Waals surface area contributed by atoms with Crippen molar-refractivity contribution in [3.8, 4) is 5.69 Å². The largest absolute Gasteiger partial charge is 0.371 e. The topological polar surface area (TPSA) is 89.2 Å². The lowest BCUT2D eigenvalue weighted by Crippen LogP contribution is -2.35. The molecule has 0 atom stereocenters. The van der Waals surface area contributed by atoms with Crippen LogP contribution in [0.15, 0.2) is 42.5 Å². The average molecular weight is 436 g/mol. The molecule has 32 heavy (non-hydrogen) atoms. The minimum atomic E-state index is -0.289. The van der Waals surface area contributed by atoms with Gasteiger partial charge in [-0.1, -0.05) is 18.2 Å². The number of nitrogens with two attached hydrogens (primary N) is 2. The second-order valence-corrected chi connectivity index (χ2v) is 8.74. The fourth-order valence-corrected chi connectivity index (χ4v) is 5.10. The molecule has 2 aromatic carbocycles. The number of benzene rings is 2. The molecule has 0 radical (unpaired) electrons. The van der Waals surface area contributed by atoms with Crippen LogP contribution >= 0.6 is 0 Å². The Morgan fingerprint density at radius 2 is 1.56 bits per heavy atom. The third kappa shape index (κ3) is 3.97. The Morgan fingerprint density at radius 3 is 2.25 bits per heavy atom. The molecule has 0 bridgehead atoms. The average Bonchev–Trinajstić information content (AvgIpc) is 3.17. The van der Waals surface area contributed by atoms with Crippen LogP contribution in [0.5, 0.6) is 0 Å². The molecule has 1 aromatic heterocycles. The molecule has 0 spiro atoms. The van der Waals surface area contributed by atoms with E-state index in [0.717, 1.165) is 39.0 Å². The van der Waals surface area contributed by atoms with Gasteiger partial charge < -0.3 is 21.3 Å². The number of anilines is 4. The zero-order chi connectivity index (χ0) is 22.1. The Balaban J connectivity index is 1.30. The highest BCUT2D eigenvalue weighted by molar-refractivity contribution is 5.57. The van der Waals surface area contributed by atoms with Crippen LogP contribution in [0, 0.1) is 5.82 Å². The van der Waals surface area contributed by atoms with E-state index in [4.69, 9.17) is 11.5 Å². The second kappa shape index (κ2) is 8.68. The van der Waals surface area contributed by atoms with Crippen LogP contribution in [0.2, 0.25) is 0 Å². The highest BCUT2D eigenvalue weighted by atomic mass is 19.1. The molecule has 8 heteroatoms. The molecule has 3 heterocycles. The molecule has 168 valence electrons. The smallest absolute Gasteiger partial charge is 0.241 e. The minimum Gasteiger partial charge on any atom is -0.371 e. The molecule has 0 amide bonds. The number of para-hydroxylation sites is 1. The summed E-state index contributed by atoms with van der Waals surface area (Å²) in [5.74, 6) is 0.425. The van der Waals surface area contributed by atoms with E-state index < -0.39 is 0 Å². The molecule has 2 saturated heterocycles. The highest BCUT2D eigenvalue weighted by Gasteiger charge is 2.26. The van der Waals surface area contributed by atoms with Gasteiger partial charge in [-0.25, -0.2) is 4.39 Å². The van der Waals surface area contributed by atoms with Crippen LogP contribution in [-0.4, -0.2) is 40.9 Å². The molecule has 0 saturated carbocycles. The molecule has 2 aliphatic rings. The van der Waals surface area contributed by atoms with E-state index in [2.05, 4.69) is 44.1 Å². The van der Waals surface area contributed by atoms with E-state index >= 15 is 4.39 Å². The molecule has 2 aliphatic heterocycles. The summed E-state index contributed by atoms with van der Waals surface area (Å²) in [6, 6.07) is 13.9. The number of rotatable bonds is 4. The van der Waals surface area contributed by atoms with Crippen molar-refractivity contribution in [2.75, 3.05) is 47.4 Å². The van der Waals surface area contributed by atoms with E-state index in [-0.39, 0.29) is 17.7 Å². The lowest BCUT2D eigenvalue weighted by molar-refractivity contribution is 0.494. The molecule has 0 unspecified atom stereocenters. The Labute approximate surface area is 187 Å². The Hall–Kier alpha value is -3.29. The maximum absolute atomic E-state index is 15.0. The minimum absolute atomic E-state index is 0.0684. The summed E-state index contributed by atoms with van der Waals surface area (Å²) in [7, 11) is 0. The molecular formula is C24H30FN7. The van der Waals surface area contributed by atoms with Crippen molar-refractivity contribution in [1.29, 1.82) is 0 Å². The van der Waals surface area contributed by atoms with Gasteiger partial charge in [0.25, 0.3) is 0 Å². The van der Waals surface area contributed by atoms with Crippen molar-refractivity contribution < 1.29 is 4.39 Å². The van der Waals surface area contributed by atoms with Crippen molar-refractivity contribution in [3.05, 3.63) is 53.8 Å². The first-order chi connectivity index (χ1) is 15.6. The Kier molecular flexibility index (Phi) is 5.59. The highest BCUT2D eigenvalue weighted by Crippen LogP contribution is 2.37. The number of halogens is 1. The first-order valence-electron chi connectivity index (χ1n) is 11.5. The van der Waals surface area contributed by atoms with Crippen molar-refractivity contribution in [2.45, 2.75) is 38.0 Å². The third-order valence-electron chi connectivity index (χ3n) is 6.73. The van der Waals surface area contributed by atoms with E-state index in [1.165, 1.54) is 41.3 Å². The number of nitrogens with zero attached hydrogens (tertiary/aromatic N) is 5. The van der Waals surface area contributed by atoms with Crippen LogP contribution in [-0.2, 0) is 0 Å². The maximum Gasteiger partial charge on any atom is 0.241 e. The van der Waals surface area contributed by atoms with Crippen LogP contribution in [0.4, 0.5) is 27.7 Å². The summed E-state index contributed by atoms with van der Waals surface area (Å²) >= 11 is 0. The Morgan fingerprint density at radius 1 is 0.844 bits per heavy atom. The fourth-order valence-electron chi connectivity index (χ4n) is 5.10. The fraction of sp³-hybridized carbons (Fsp3) is 0.417. The van der Waals surface area contributed by atoms with E-state index in [9.17, 15) is 0 Å². The normalized spacial score (nSPS) is 17.7. The van der Waals surface area contributed by atoms with Crippen LogP contribution in [0.3, 0.4) is 0 Å². The SMILES string of the molecule is Nc1nc(N)n(-c2ccc(N3CCC(c4ccccc4N4CCCCC4)CC3)c(F)c2)n1. The van der Waals surface area contributed by atoms with Crippen molar-refractivity contribution in [1.82, 2.24) is 14.8 Å². The van der Waals surface area contributed by atoms with Gasteiger partial charge in [0.05, 0.1) is 11.4 Å². The lowest BCUT2D eigenvalue weighted by Gasteiger charge is -2.37. The van der Waals surface area contributed by atoms with Crippen LogP contribution in [0.1, 0.15) is 43.6 Å². The van der Waals surface area contributed by atoms with E-state index in [0.29, 0.717) is 17.3 Å². The molecule has 7 nitrogen and oxygen atoms in total. The van der Waals surface area contributed by atoms with Crippen molar-refractivity contribution in [2.24, 2.45) is 0 Å². The summed E-state index contributed by atoms with van der Waals surface area (Å²) in [6.45, 7) is 3.95. The second-order valence-electron chi connectivity index (χ2n) is 8.74. The van der Waals surface area contributed by atoms with Gasteiger partial charge >= 0.3 is 0 Å². The van der Waals surface area contributed by atoms with Gasteiger partial charge in [0.15, 0.2) is 0 Å². The molecule has 2 fully saturated rings. The van der Waals surface area contributed by atoms with Gasteiger partial charge in [-0.3, -0.25) is 0 Å². The zero-order valence-corrected chi connectivity index (χ0v) is 18.3. The third-order valence-corrected chi connectivity index (χ3v) is 6.73. The monoisotopic (exact) mass is 435 g/mol. The number of piperidine rings is 2. The van der Waals surface area contributed by atoms with Crippen molar-refractivity contribution in [3.63, 3.8) is 0 Å². The number of nitrogen functional groups attached to an aromatic ring is 2. The van der Waals surface area contributed by atoms with E-state index in [1.54, 1.807) is 12.1 Å². The molecule has 4 N–H and O–H groups in total. The van der Waals surface area contributed by atoms with Gasteiger partial charge in [0.1, 0.15) is 5.82 Å². The van der Waals surface area contributed by atoms with Crippen molar-refractivity contribution >= 4 is 23.3 Å². The molecule has 3 aromatic rings. The lowest BCUT2D eigenvalue weighted by atomic mass is 9.87. The zero-order valence-electron chi connectivity index (χ0n) is 18.3. The van der Waals surface area contributed by atoms with Gasteiger partial charge in [0.2, 0.25) is 11.9 Å². The first kappa shape index (κ1) is 20.6. The van der Waals surface area contributed by atoms with Gasteiger partial charge in [-0.2, -0.15) is 9.67 Å². The van der Waals surface area contributed by atoms with Crippen LogP contribution in [0.25, 0.3) is 5.69 Å². The van der Waals surface area contributed by atoms with Gasteiger partial charge in [0, 0.05) is 37.9 Å². The standard InChI is InChI=1S/C24H30FN7/c25-20-16-18(32-24(27)28-23(26)29-32)8-9-22(20)31-14-10-17(11-15-31)19-6-2-3-7-21(19)30-12-4-1-5-13-30/h2-3,6-9,16-17H,1,4-5,10-15H2,(H4,26,27,28,29). The molecule has 0 aliphatic carbocycles. The summed E-state index contributed by atoms with van der Waals surface area (Å²) in [4.78, 5) is 8.56. The maximum atomic E-state index is 15.0. The van der Waals surface area contributed by atoms with Gasteiger partial charge in [-0.15, -0.1) is 5.10 Å². The summed E-state index contributed by atoms with van der Waals surface area (Å²) < 4.78 is 16.4. The molecule has 5 rings (SSSR count). The first-order valence-corrected chi connectivity index (χ1v) is 11.5. The quantitative estimate of drug-likeness (QED) is 0.645. The number of hydrogen-bond donors (Lipinski definition) is 2. The van der Waals surface area contributed by atoms with Gasteiger partial charge in [-0.05, 0) is 61.8 Å². The predicted molar refractivity (Wildman–Crippen MR) is 127 cm³/mol.